The van der Waals surface area contributed by atoms with Crippen LogP contribution in [0.3, 0.4) is 0 Å². The summed E-state index contributed by atoms with van der Waals surface area (Å²) in [7, 11) is 1.37. The molecule has 0 aromatic heterocycles. The predicted molar refractivity (Wildman–Crippen MR) is 70.1 cm³/mol. The summed E-state index contributed by atoms with van der Waals surface area (Å²) in [4.78, 5) is 22.8. The normalized spacial score (nSPS) is 16.1. The van der Waals surface area contributed by atoms with Crippen molar-refractivity contribution in [2.75, 3.05) is 12.4 Å². The molecule has 0 aliphatic carbocycles. The third-order valence-electron chi connectivity index (χ3n) is 3.05. The SMILES string of the molecule is COC(=O)CCc1ccc2c(c1)OC(C)(C)C(=O)N2. The second kappa shape index (κ2) is 4.91. The summed E-state index contributed by atoms with van der Waals surface area (Å²) in [6, 6.07) is 5.50. The first-order chi connectivity index (χ1) is 8.92. The Morgan fingerprint density at radius 1 is 1.42 bits per heavy atom. The number of esters is 1. The summed E-state index contributed by atoms with van der Waals surface area (Å²) in [6.45, 7) is 3.43. The highest BCUT2D eigenvalue weighted by atomic mass is 16.5. The van der Waals surface area contributed by atoms with Crippen molar-refractivity contribution in [3.8, 4) is 5.75 Å². The quantitative estimate of drug-likeness (QED) is 0.846. The monoisotopic (exact) mass is 263 g/mol. The highest BCUT2D eigenvalue weighted by Gasteiger charge is 2.35. The zero-order valence-electron chi connectivity index (χ0n) is 11.3. The standard InChI is InChI=1S/C14H17NO4/c1-14(2)13(17)15-10-6-4-9(8-11(10)19-14)5-7-12(16)18-3/h4,6,8H,5,7H2,1-3H3,(H,15,17). The molecule has 1 amide bonds. The number of anilines is 1. The maximum Gasteiger partial charge on any atom is 0.305 e. The fourth-order valence-corrected chi connectivity index (χ4v) is 1.85. The van der Waals surface area contributed by atoms with Crippen LogP contribution >= 0.6 is 0 Å². The first kappa shape index (κ1) is 13.4. The molecule has 0 saturated heterocycles. The highest BCUT2D eigenvalue weighted by molar-refractivity contribution is 6.00. The van der Waals surface area contributed by atoms with Crippen LogP contribution in [0.1, 0.15) is 25.8 Å². The Balaban J connectivity index is 2.15. The number of benzene rings is 1. The van der Waals surface area contributed by atoms with Crippen molar-refractivity contribution in [1.82, 2.24) is 0 Å². The van der Waals surface area contributed by atoms with Gasteiger partial charge in [-0.15, -0.1) is 0 Å². The van der Waals surface area contributed by atoms with E-state index < -0.39 is 5.60 Å². The molecule has 1 aromatic carbocycles. The van der Waals surface area contributed by atoms with Gasteiger partial charge >= 0.3 is 5.97 Å². The molecule has 0 spiro atoms. The van der Waals surface area contributed by atoms with E-state index in [-0.39, 0.29) is 11.9 Å². The van der Waals surface area contributed by atoms with Gasteiger partial charge in [-0.3, -0.25) is 9.59 Å². The number of fused-ring (bicyclic) bond motifs is 1. The Morgan fingerprint density at radius 2 is 2.16 bits per heavy atom. The first-order valence-corrected chi connectivity index (χ1v) is 6.12. The Bertz CT molecular complexity index is 522. The zero-order chi connectivity index (χ0) is 14.0. The molecule has 19 heavy (non-hydrogen) atoms. The molecular weight excluding hydrogens is 246 g/mol. The lowest BCUT2D eigenvalue weighted by Gasteiger charge is -2.31. The van der Waals surface area contributed by atoms with E-state index in [9.17, 15) is 9.59 Å². The van der Waals surface area contributed by atoms with Gasteiger partial charge in [0.25, 0.3) is 5.91 Å². The van der Waals surface area contributed by atoms with E-state index in [2.05, 4.69) is 10.1 Å². The molecular formula is C14H17NO4. The van der Waals surface area contributed by atoms with E-state index in [1.54, 1.807) is 19.9 Å². The van der Waals surface area contributed by atoms with Crippen LogP contribution in [0.15, 0.2) is 18.2 Å². The van der Waals surface area contributed by atoms with Crippen LogP contribution in [-0.2, 0) is 20.7 Å². The van der Waals surface area contributed by atoms with E-state index in [0.717, 1.165) is 5.56 Å². The van der Waals surface area contributed by atoms with Crippen LogP contribution in [-0.4, -0.2) is 24.6 Å². The van der Waals surface area contributed by atoms with Gasteiger partial charge in [-0.25, -0.2) is 0 Å². The topological polar surface area (TPSA) is 64.6 Å². The second-order valence-electron chi connectivity index (χ2n) is 4.97. The summed E-state index contributed by atoms with van der Waals surface area (Å²) in [5.41, 5.74) is 0.746. The van der Waals surface area contributed by atoms with Gasteiger partial charge in [0.1, 0.15) is 5.75 Å². The molecule has 0 fully saturated rings. The minimum Gasteiger partial charge on any atom is -0.476 e. The van der Waals surface area contributed by atoms with E-state index in [1.807, 2.05) is 12.1 Å². The Morgan fingerprint density at radius 3 is 2.84 bits per heavy atom. The van der Waals surface area contributed by atoms with Gasteiger partial charge in [-0.05, 0) is 38.0 Å². The van der Waals surface area contributed by atoms with E-state index >= 15 is 0 Å². The van der Waals surface area contributed by atoms with Gasteiger partial charge in [0.05, 0.1) is 12.8 Å². The van der Waals surface area contributed by atoms with Crippen LogP contribution in [0.25, 0.3) is 0 Å². The molecule has 1 heterocycles. The third-order valence-corrected chi connectivity index (χ3v) is 3.05. The lowest BCUT2D eigenvalue weighted by Crippen LogP contribution is -2.45. The Kier molecular flexibility index (Phi) is 3.46. The number of hydrogen-bond donors (Lipinski definition) is 1. The zero-order valence-corrected chi connectivity index (χ0v) is 11.3. The largest absolute Gasteiger partial charge is 0.476 e. The van der Waals surface area contributed by atoms with Crippen molar-refractivity contribution in [3.63, 3.8) is 0 Å². The molecule has 0 atom stereocenters. The van der Waals surface area contributed by atoms with E-state index in [1.165, 1.54) is 7.11 Å². The molecule has 0 saturated carbocycles. The van der Waals surface area contributed by atoms with Crippen LogP contribution in [0.2, 0.25) is 0 Å². The van der Waals surface area contributed by atoms with Crippen molar-refractivity contribution >= 4 is 17.6 Å². The smallest absolute Gasteiger partial charge is 0.305 e. The number of aryl methyl sites for hydroxylation is 1. The van der Waals surface area contributed by atoms with Crippen LogP contribution < -0.4 is 10.1 Å². The van der Waals surface area contributed by atoms with E-state index in [4.69, 9.17) is 4.74 Å². The Hall–Kier alpha value is -2.04. The van der Waals surface area contributed by atoms with Gasteiger partial charge in [0.2, 0.25) is 0 Å². The number of ether oxygens (including phenoxy) is 2. The van der Waals surface area contributed by atoms with Crippen molar-refractivity contribution in [2.45, 2.75) is 32.3 Å². The molecule has 5 nitrogen and oxygen atoms in total. The number of carbonyl (C=O) groups is 2. The molecule has 0 bridgehead atoms. The van der Waals surface area contributed by atoms with Gasteiger partial charge in [0, 0.05) is 6.42 Å². The summed E-state index contributed by atoms with van der Waals surface area (Å²) in [5, 5.41) is 2.80. The van der Waals surface area contributed by atoms with Crippen molar-refractivity contribution in [3.05, 3.63) is 23.8 Å². The average Bonchev–Trinajstić information content (AvgIpc) is 2.37. The lowest BCUT2D eigenvalue weighted by molar-refractivity contribution is -0.140. The number of hydrogen-bond acceptors (Lipinski definition) is 4. The molecule has 1 aromatic rings. The second-order valence-corrected chi connectivity index (χ2v) is 4.97. The number of methoxy groups -OCH3 is 1. The minimum absolute atomic E-state index is 0.165. The maximum atomic E-state index is 11.7. The predicted octanol–water partition coefficient (Wildman–Crippen LogP) is 1.90. The first-order valence-electron chi connectivity index (χ1n) is 6.12. The number of rotatable bonds is 3. The van der Waals surface area contributed by atoms with Crippen LogP contribution in [0, 0.1) is 0 Å². The molecule has 2 rings (SSSR count). The lowest BCUT2D eigenvalue weighted by atomic mass is 10.0. The highest BCUT2D eigenvalue weighted by Crippen LogP contribution is 2.34. The molecule has 1 aliphatic rings. The summed E-state index contributed by atoms with van der Waals surface area (Å²) in [6.07, 6.45) is 0.905. The third kappa shape index (κ3) is 2.86. The number of amides is 1. The minimum atomic E-state index is -0.881. The fraction of sp³-hybridized carbons (Fsp3) is 0.429. The number of nitrogens with one attached hydrogen (secondary N) is 1. The molecule has 102 valence electrons. The summed E-state index contributed by atoms with van der Waals surface area (Å²) >= 11 is 0. The fourth-order valence-electron chi connectivity index (χ4n) is 1.85. The Labute approximate surface area is 111 Å². The molecule has 1 aliphatic heterocycles. The van der Waals surface area contributed by atoms with Gasteiger partial charge in [-0.2, -0.15) is 0 Å². The summed E-state index contributed by atoms with van der Waals surface area (Å²) < 4.78 is 10.3. The molecule has 1 N–H and O–H groups in total. The van der Waals surface area contributed by atoms with Crippen LogP contribution in [0.4, 0.5) is 5.69 Å². The average molecular weight is 263 g/mol. The van der Waals surface area contributed by atoms with Crippen LogP contribution in [0.5, 0.6) is 5.75 Å². The maximum absolute atomic E-state index is 11.7. The van der Waals surface area contributed by atoms with E-state index in [0.29, 0.717) is 24.3 Å². The molecule has 0 unspecified atom stereocenters. The molecule has 5 heteroatoms. The van der Waals surface area contributed by atoms with Crippen molar-refractivity contribution < 1.29 is 19.1 Å². The number of carbonyl (C=O) groups excluding carboxylic acids is 2. The van der Waals surface area contributed by atoms with Crippen molar-refractivity contribution in [2.24, 2.45) is 0 Å². The van der Waals surface area contributed by atoms with Crippen molar-refractivity contribution in [1.29, 1.82) is 0 Å². The molecule has 0 radical (unpaired) electrons. The summed E-state index contributed by atoms with van der Waals surface area (Å²) in [5.74, 6) is 0.224. The van der Waals surface area contributed by atoms with Gasteiger partial charge in [-0.1, -0.05) is 6.07 Å². The van der Waals surface area contributed by atoms with Gasteiger partial charge in [0.15, 0.2) is 5.60 Å². The van der Waals surface area contributed by atoms with Gasteiger partial charge < -0.3 is 14.8 Å².